The van der Waals surface area contributed by atoms with Gasteiger partial charge >= 0.3 is 0 Å². The van der Waals surface area contributed by atoms with E-state index in [-0.39, 0.29) is 5.60 Å². The Hall–Kier alpha value is -1.74. The molecule has 3 heteroatoms. The topological polar surface area (TPSA) is 31.0 Å². The lowest BCUT2D eigenvalue weighted by Crippen LogP contribution is -2.22. The second-order valence-corrected chi connectivity index (χ2v) is 5.89. The van der Waals surface area contributed by atoms with Crippen LogP contribution in [0.15, 0.2) is 41.5 Å². The van der Waals surface area contributed by atoms with E-state index in [1.807, 2.05) is 6.07 Å². The van der Waals surface area contributed by atoms with E-state index in [0.29, 0.717) is 12.9 Å². The Kier molecular flexibility index (Phi) is 2.01. The van der Waals surface area contributed by atoms with Crippen LogP contribution in [-0.4, -0.2) is 12.9 Å². The van der Waals surface area contributed by atoms with Gasteiger partial charge in [-0.05, 0) is 54.5 Å². The normalized spacial score (nSPS) is 32.9. The summed E-state index contributed by atoms with van der Waals surface area (Å²) in [6, 6.07) is 6.26. The van der Waals surface area contributed by atoms with Crippen molar-refractivity contribution in [3.8, 4) is 11.5 Å². The molecule has 0 N–H and O–H groups in total. The molecule has 2 aliphatic heterocycles. The third kappa shape index (κ3) is 1.29. The first-order valence-electron chi connectivity index (χ1n) is 7.35. The molecule has 20 heavy (non-hydrogen) atoms. The van der Waals surface area contributed by atoms with Crippen molar-refractivity contribution in [3.05, 3.63) is 47.1 Å². The fraction of sp³-hybridized carbons (Fsp3) is 0.412. The van der Waals surface area contributed by atoms with E-state index in [1.165, 1.54) is 16.7 Å². The summed E-state index contributed by atoms with van der Waals surface area (Å²) in [5, 5.41) is 0. The molecule has 0 radical (unpaired) electrons. The minimum absolute atomic E-state index is 0.167. The van der Waals surface area contributed by atoms with Gasteiger partial charge < -0.3 is 14.2 Å². The number of hydrogen-bond donors (Lipinski definition) is 0. The number of epoxide rings is 1. The number of ether oxygens (including phenoxy) is 3. The van der Waals surface area contributed by atoms with Crippen molar-refractivity contribution in [2.24, 2.45) is 0 Å². The molecule has 0 amide bonds. The van der Waals surface area contributed by atoms with Gasteiger partial charge in [-0.1, -0.05) is 18.2 Å². The van der Waals surface area contributed by atoms with E-state index < -0.39 is 0 Å². The van der Waals surface area contributed by atoms with Gasteiger partial charge in [0.1, 0.15) is 5.60 Å². The van der Waals surface area contributed by atoms with Crippen molar-refractivity contribution in [2.45, 2.75) is 37.4 Å². The second-order valence-electron chi connectivity index (χ2n) is 5.89. The first-order valence-corrected chi connectivity index (χ1v) is 7.35. The van der Waals surface area contributed by atoms with Crippen molar-refractivity contribution in [2.75, 3.05) is 6.79 Å². The standard InChI is InChI=1S/C17H16O3/c1-2-4-13-11(3-1)5-8-16-17(13,20-16)12-6-7-14-15(9-12)19-10-18-14/h1,3,6-7,9,16H,2,4-5,8,10H2. The molecule has 5 rings (SSSR count). The van der Waals surface area contributed by atoms with E-state index in [1.54, 1.807) is 0 Å². The fourth-order valence-corrected chi connectivity index (χ4v) is 3.93. The third-order valence-corrected chi connectivity index (χ3v) is 4.92. The molecule has 0 bridgehead atoms. The van der Waals surface area contributed by atoms with Gasteiger partial charge in [0.05, 0.1) is 6.10 Å². The molecule has 2 heterocycles. The SMILES string of the molecule is C1=CC2=C(CC1)C1(c3ccc4c(c3)OCO4)OC1CC2. The van der Waals surface area contributed by atoms with Gasteiger partial charge in [-0.15, -0.1) is 0 Å². The van der Waals surface area contributed by atoms with Crippen molar-refractivity contribution < 1.29 is 14.2 Å². The van der Waals surface area contributed by atoms with E-state index in [0.717, 1.165) is 37.2 Å². The van der Waals surface area contributed by atoms with Crippen LogP contribution in [0, 0.1) is 0 Å². The van der Waals surface area contributed by atoms with Gasteiger partial charge in [-0.25, -0.2) is 0 Å². The number of allylic oxidation sites excluding steroid dienone is 3. The molecule has 1 aromatic carbocycles. The lowest BCUT2D eigenvalue weighted by atomic mass is 9.75. The predicted molar refractivity (Wildman–Crippen MR) is 73.8 cm³/mol. The van der Waals surface area contributed by atoms with Gasteiger partial charge in [0.15, 0.2) is 11.5 Å². The van der Waals surface area contributed by atoms with Crippen LogP contribution in [0.4, 0.5) is 0 Å². The maximum Gasteiger partial charge on any atom is 0.231 e. The van der Waals surface area contributed by atoms with E-state index in [2.05, 4.69) is 24.3 Å². The van der Waals surface area contributed by atoms with Crippen LogP contribution < -0.4 is 9.47 Å². The Morgan fingerprint density at radius 1 is 1.10 bits per heavy atom. The first kappa shape index (κ1) is 11.0. The molecule has 1 fully saturated rings. The minimum Gasteiger partial charge on any atom is -0.454 e. The quantitative estimate of drug-likeness (QED) is 0.731. The highest BCUT2D eigenvalue weighted by molar-refractivity contribution is 5.54. The molecule has 2 unspecified atom stereocenters. The van der Waals surface area contributed by atoms with Crippen LogP contribution in [0.3, 0.4) is 0 Å². The Balaban J connectivity index is 1.65. The summed E-state index contributed by atoms with van der Waals surface area (Å²) in [6.07, 6.45) is 9.46. The zero-order valence-electron chi connectivity index (χ0n) is 11.2. The molecule has 3 nitrogen and oxygen atoms in total. The summed E-state index contributed by atoms with van der Waals surface area (Å²) in [7, 11) is 0. The molecule has 2 atom stereocenters. The third-order valence-electron chi connectivity index (χ3n) is 4.92. The molecule has 1 aromatic rings. The smallest absolute Gasteiger partial charge is 0.231 e. The summed E-state index contributed by atoms with van der Waals surface area (Å²) in [6.45, 7) is 0.326. The summed E-state index contributed by atoms with van der Waals surface area (Å²) in [4.78, 5) is 0. The molecule has 0 aromatic heterocycles. The van der Waals surface area contributed by atoms with Crippen LogP contribution in [0.5, 0.6) is 11.5 Å². The zero-order chi connectivity index (χ0) is 13.2. The lowest BCUT2D eigenvalue weighted by molar-refractivity contribution is 0.174. The van der Waals surface area contributed by atoms with Crippen molar-refractivity contribution in [1.82, 2.24) is 0 Å². The average molecular weight is 268 g/mol. The molecule has 102 valence electrons. The Morgan fingerprint density at radius 3 is 3.05 bits per heavy atom. The van der Waals surface area contributed by atoms with Crippen LogP contribution >= 0.6 is 0 Å². The largest absolute Gasteiger partial charge is 0.454 e. The van der Waals surface area contributed by atoms with Gasteiger partial charge in [-0.3, -0.25) is 0 Å². The second kappa shape index (κ2) is 3.67. The summed E-state index contributed by atoms with van der Waals surface area (Å²) < 4.78 is 17.1. The van der Waals surface area contributed by atoms with Crippen molar-refractivity contribution in [1.29, 1.82) is 0 Å². The molecular weight excluding hydrogens is 252 g/mol. The maximum absolute atomic E-state index is 6.19. The molecular formula is C17H16O3. The number of fused-ring (bicyclic) bond motifs is 3. The average Bonchev–Trinajstić information content (AvgIpc) is 3.09. The first-order chi connectivity index (χ1) is 9.88. The molecule has 0 spiro atoms. The zero-order valence-corrected chi connectivity index (χ0v) is 11.2. The number of rotatable bonds is 1. The molecule has 2 aliphatic carbocycles. The maximum atomic E-state index is 6.19. The van der Waals surface area contributed by atoms with Crippen LogP contribution in [0.1, 0.15) is 31.2 Å². The highest BCUT2D eigenvalue weighted by Crippen LogP contribution is 2.60. The Morgan fingerprint density at radius 2 is 2.05 bits per heavy atom. The summed E-state index contributed by atoms with van der Waals surface area (Å²) in [5.74, 6) is 1.70. The highest BCUT2D eigenvalue weighted by atomic mass is 16.7. The van der Waals surface area contributed by atoms with Crippen molar-refractivity contribution in [3.63, 3.8) is 0 Å². The summed E-state index contributed by atoms with van der Waals surface area (Å²) in [5.41, 5.74) is 4.05. The van der Waals surface area contributed by atoms with E-state index in [9.17, 15) is 0 Å². The van der Waals surface area contributed by atoms with Gasteiger partial charge in [-0.2, -0.15) is 0 Å². The van der Waals surface area contributed by atoms with Gasteiger partial charge in [0, 0.05) is 0 Å². The highest BCUT2D eigenvalue weighted by Gasteiger charge is 2.62. The number of benzene rings is 1. The Bertz CT molecular complexity index is 658. The molecule has 4 aliphatic rings. The molecule has 1 saturated heterocycles. The van der Waals surface area contributed by atoms with E-state index in [4.69, 9.17) is 14.2 Å². The van der Waals surface area contributed by atoms with Crippen LogP contribution in [0.25, 0.3) is 0 Å². The fourth-order valence-electron chi connectivity index (χ4n) is 3.93. The Labute approximate surface area is 117 Å². The monoisotopic (exact) mass is 268 g/mol. The lowest BCUT2D eigenvalue weighted by Gasteiger charge is -2.27. The van der Waals surface area contributed by atoms with Crippen LogP contribution in [-0.2, 0) is 10.3 Å². The molecule has 0 saturated carbocycles. The van der Waals surface area contributed by atoms with Gasteiger partial charge in [0.2, 0.25) is 6.79 Å². The number of hydrogen-bond acceptors (Lipinski definition) is 3. The minimum atomic E-state index is -0.167. The predicted octanol–water partition coefficient (Wildman–Crippen LogP) is 3.45. The van der Waals surface area contributed by atoms with Crippen molar-refractivity contribution >= 4 is 0 Å². The van der Waals surface area contributed by atoms with Gasteiger partial charge in [0.25, 0.3) is 0 Å². The summed E-state index contributed by atoms with van der Waals surface area (Å²) >= 11 is 0. The van der Waals surface area contributed by atoms with Crippen LogP contribution in [0.2, 0.25) is 0 Å². The van der Waals surface area contributed by atoms with E-state index >= 15 is 0 Å².